The molecule has 0 amide bonds. The topological polar surface area (TPSA) is 61.3 Å². The van der Waals surface area contributed by atoms with Crippen LogP contribution in [0.1, 0.15) is 30.1 Å². The number of aromatic nitrogens is 2. The number of carbonyl (C=O) groups is 1. The maximum Gasteiger partial charge on any atom is 0.338 e. The molecule has 104 valence electrons. The molecule has 2 aromatic rings. The van der Waals surface area contributed by atoms with Crippen molar-refractivity contribution in [2.45, 2.75) is 32.0 Å². The van der Waals surface area contributed by atoms with Crippen LogP contribution in [0.5, 0.6) is 0 Å². The van der Waals surface area contributed by atoms with Crippen LogP contribution in [0.25, 0.3) is 11.0 Å². The molecule has 1 saturated heterocycles. The summed E-state index contributed by atoms with van der Waals surface area (Å²) in [5.41, 5.74) is 1.94. The molecule has 20 heavy (non-hydrogen) atoms. The minimum absolute atomic E-state index is 0.0224. The van der Waals surface area contributed by atoms with E-state index in [1.807, 2.05) is 6.92 Å². The molecule has 0 bridgehead atoms. The van der Waals surface area contributed by atoms with Crippen molar-refractivity contribution in [1.29, 1.82) is 0 Å². The lowest BCUT2D eigenvalue weighted by molar-refractivity contribution is -0.00265. The van der Waals surface area contributed by atoms with Crippen molar-refractivity contribution < 1.29 is 14.3 Å². The van der Waals surface area contributed by atoms with Crippen molar-refractivity contribution in [3.8, 4) is 0 Å². The molecule has 2 heterocycles. The summed E-state index contributed by atoms with van der Waals surface area (Å²) in [4.78, 5) is 20.3. The molecule has 1 aromatic carbocycles. The third kappa shape index (κ3) is 2.77. The Balaban J connectivity index is 1.66. The van der Waals surface area contributed by atoms with E-state index in [0.717, 1.165) is 18.4 Å². The Morgan fingerprint density at radius 3 is 2.85 bits per heavy atom. The Morgan fingerprint density at radius 2 is 2.10 bits per heavy atom. The summed E-state index contributed by atoms with van der Waals surface area (Å²) >= 11 is 0. The van der Waals surface area contributed by atoms with Gasteiger partial charge >= 0.3 is 5.97 Å². The van der Waals surface area contributed by atoms with E-state index in [9.17, 15) is 4.79 Å². The van der Waals surface area contributed by atoms with E-state index >= 15 is 0 Å². The Kier molecular flexibility index (Phi) is 3.60. The molecule has 0 aliphatic carbocycles. The Bertz CT molecular complexity index is 629. The summed E-state index contributed by atoms with van der Waals surface area (Å²) in [7, 11) is 0. The van der Waals surface area contributed by atoms with E-state index in [4.69, 9.17) is 9.47 Å². The van der Waals surface area contributed by atoms with Gasteiger partial charge in [-0.25, -0.2) is 4.79 Å². The number of hydrogen-bond acceptors (Lipinski definition) is 5. The Morgan fingerprint density at radius 1 is 1.30 bits per heavy atom. The van der Waals surface area contributed by atoms with Crippen LogP contribution in [0.2, 0.25) is 0 Å². The molecule has 3 rings (SSSR count). The van der Waals surface area contributed by atoms with E-state index < -0.39 is 0 Å². The van der Waals surface area contributed by atoms with Gasteiger partial charge < -0.3 is 9.47 Å². The molecule has 0 radical (unpaired) electrons. The van der Waals surface area contributed by atoms with Crippen molar-refractivity contribution in [3.05, 3.63) is 36.2 Å². The van der Waals surface area contributed by atoms with Crippen LogP contribution in [-0.4, -0.2) is 34.8 Å². The van der Waals surface area contributed by atoms with Gasteiger partial charge in [-0.2, -0.15) is 0 Å². The summed E-state index contributed by atoms with van der Waals surface area (Å²) in [5.74, 6) is -0.347. The van der Waals surface area contributed by atoms with Crippen LogP contribution in [0.3, 0.4) is 0 Å². The highest BCUT2D eigenvalue weighted by Crippen LogP contribution is 2.19. The van der Waals surface area contributed by atoms with E-state index in [2.05, 4.69) is 9.97 Å². The number of ether oxygens (including phenoxy) is 2. The fourth-order valence-electron chi connectivity index (χ4n) is 2.35. The van der Waals surface area contributed by atoms with Crippen molar-refractivity contribution in [3.63, 3.8) is 0 Å². The Labute approximate surface area is 116 Å². The van der Waals surface area contributed by atoms with Gasteiger partial charge in [0.1, 0.15) is 6.61 Å². The molecule has 2 atom stereocenters. The monoisotopic (exact) mass is 272 g/mol. The predicted octanol–water partition coefficient (Wildman–Crippen LogP) is 2.35. The lowest BCUT2D eigenvalue weighted by Gasteiger charge is -2.11. The lowest BCUT2D eigenvalue weighted by Crippen LogP contribution is -2.19. The second kappa shape index (κ2) is 5.54. The van der Waals surface area contributed by atoms with Gasteiger partial charge in [0.25, 0.3) is 0 Å². The van der Waals surface area contributed by atoms with Gasteiger partial charge in [0.15, 0.2) is 0 Å². The van der Waals surface area contributed by atoms with E-state index in [1.54, 1.807) is 30.6 Å². The molecule has 1 fully saturated rings. The van der Waals surface area contributed by atoms with Crippen LogP contribution in [-0.2, 0) is 9.47 Å². The third-order valence-electron chi connectivity index (χ3n) is 3.43. The highest BCUT2D eigenvalue weighted by molar-refractivity contribution is 5.93. The van der Waals surface area contributed by atoms with E-state index in [0.29, 0.717) is 17.7 Å². The normalized spacial score (nSPS) is 22.1. The van der Waals surface area contributed by atoms with Gasteiger partial charge in [0.2, 0.25) is 0 Å². The molecule has 0 saturated carbocycles. The zero-order chi connectivity index (χ0) is 13.9. The SMILES string of the molecule is CC1CCC(COC(=O)c2ccc3nccnc3c2)O1. The summed E-state index contributed by atoms with van der Waals surface area (Å²) < 4.78 is 10.9. The number of hydrogen-bond donors (Lipinski definition) is 0. The van der Waals surface area contributed by atoms with E-state index in [-0.39, 0.29) is 18.2 Å². The molecule has 0 N–H and O–H groups in total. The fraction of sp³-hybridized carbons (Fsp3) is 0.400. The van der Waals surface area contributed by atoms with Gasteiger partial charge in [0, 0.05) is 12.4 Å². The number of rotatable bonds is 3. The Hall–Kier alpha value is -2.01. The first-order valence-electron chi connectivity index (χ1n) is 6.76. The zero-order valence-electron chi connectivity index (χ0n) is 11.3. The minimum atomic E-state index is -0.347. The largest absolute Gasteiger partial charge is 0.459 e. The quantitative estimate of drug-likeness (QED) is 0.803. The van der Waals surface area contributed by atoms with Gasteiger partial charge in [-0.05, 0) is 38.0 Å². The maximum absolute atomic E-state index is 12.0. The van der Waals surface area contributed by atoms with Crippen molar-refractivity contribution in [2.24, 2.45) is 0 Å². The molecule has 0 spiro atoms. The maximum atomic E-state index is 12.0. The molecule has 1 aliphatic rings. The zero-order valence-corrected chi connectivity index (χ0v) is 11.3. The van der Waals surface area contributed by atoms with Gasteiger partial charge in [-0.15, -0.1) is 0 Å². The van der Waals surface area contributed by atoms with Crippen LogP contribution in [0, 0.1) is 0 Å². The average Bonchev–Trinajstić information content (AvgIpc) is 2.90. The molecule has 2 unspecified atom stereocenters. The van der Waals surface area contributed by atoms with E-state index in [1.165, 1.54) is 0 Å². The third-order valence-corrected chi connectivity index (χ3v) is 3.43. The second-order valence-corrected chi connectivity index (χ2v) is 5.00. The first kappa shape index (κ1) is 13.0. The summed E-state index contributed by atoms with van der Waals surface area (Å²) in [6.45, 7) is 2.34. The van der Waals surface area contributed by atoms with Crippen molar-refractivity contribution >= 4 is 17.0 Å². The summed E-state index contributed by atoms with van der Waals surface area (Å²) in [6, 6.07) is 5.17. The summed E-state index contributed by atoms with van der Waals surface area (Å²) in [5, 5.41) is 0. The van der Waals surface area contributed by atoms with Crippen LogP contribution in [0.4, 0.5) is 0 Å². The molecular weight excluding hydrogens is 256 g/mol. The average molecular weight is 272 g/mol. The smallest absolute Gasteiger partial charge is 0.338 e. The molecule has 1 aromatic heterocycles. The number of esters is 1. The fourth-order valence-corrected chi connectivity index (χ4v) is 2.35. The predicted molar refractivity (Wildman–Crippen MR) is 73.4 cm³/mol. The number of carbonyl (C=O) groups excluding carboxylic acids is 1. The standard InChI is InChI=1S/C15H16N2O3/c1-10-2-4-12(20-10)9-19-15(18)11-3-5-13-14(8-11)17-7-6-16-13/h3,5-8,10,12H,2,4,9H2,1H3. The minimum Gasteiger partial charge on any atom is -0.459 e. The van der Waals surface area contributed by atoms with Crippen LogP contribution in [0.15, 0.2) is 30.6 Å². The lowest BCUT2D eigenvalue weighted by atomic mass is 10.2. The van der Waals surface area contributed by atoms with Crippen molar-refractivity contribution in [1.82, 2.24) is 9.97 Å². The molecule has 5 nitrogen and oxygen atoms in total. The van der Waals surface area contributed by atoms with Crippen LogP contribution >= 0.6 is 0 Å². The first-order valence-corrected chi connectivity index (χ1v) is 6.76. The highest BCUT2D eigenvalue weighted by atomic mass is 16.6. The highest BCUT2D eigenvalue weighted by Gasteiger charge is 2.23. The summed E-state index contributed by atoms with van der Waals surface area (Å²) in [6.07, 6.45) is 5.47. The van der Waals surface area contributed by atoms with Crippen molar-refractivity contribution in [2.75, 3.05) is 6.61 Å². The second-order valence-electron chi connectivity index (χ2n) is 5.00. The number of nitrogens with zero attached hydrogens (tertiary/aromatic N) is 2. The number of fused-ring (bicyclic) bond motifs is 1. The first-order chi connectivity index (χ1) is 9.72. The molecule has 5 heteroatoms. The van der Waals surface area contributed by atoms with Gasteiger partial charge in [-0.3, -0.25) is 9.97 Å². The van der Waals surface area contributed by atoms with Gasteiger partial charge in [-0.1, -0.05) is 0 Å². The number of benzene rings is 1. The molecular formula is C15H16N2O3. The molecule has 1 aliphatic heterocycles. The van der Waals surface area contributed by atoms with Crippen LogP contribution < -0.4 is 0 Å². The van der Waals surface area contributed by atoms with Gasteiger partial charge in [0.05, 0.1) is 28.8 Å².